The van der Waals surface area contributed by atoms with Gasteiger partial charge in [-0.15, -0.1) is 11.8 Å². The van der Waals surface area contributed by atoms with E-state index in [-0.39, 0.29) is 30.7 Å². The molecule has 9 nitrogen and oxygen atoms in total. The molecule has 0 saturated carbocycles. The molecule has 3 atom stereocenters. The number of nitrogens with zero attached hydrogens (tertiary/aromatic N) is 1. The molecule has 1 saturated heterocycles. The van der Waals surface area contributed by atoms with Crippen LogP contribution in [0.15, 0.2) is 71.6 Å². The summed E-state index contributed by atoms with van der Waals surface area (Å²) < 4.78 is 10.7. The first-order valence-corrected chi connectivity index (χ1v) is 15.3. The van der Waals surface area contributed by atoms with Gasteiger partial charge in [0.05, 0.1) is 26.7 Å². The van der Waals surface area contributed by atoms with E-state index in [0.717, 1.165) is 12.2 Å². The number of anilines is 1. The van der Waals surface area contributed by atoms with Crippen LogP contribution in [-0.2, 0) is 20.8 Å². The number of aliphatic carboxylic acids is 1. The van der Waals surface area contributed by atoms with Gasteiger partial charge in [0, 0.05) is 34.7 Å². The topological polar surface area (TPSA) is 117 Å². The van der Waals surface area contributed by atoms with E-state index in [1.54, 1.807) is 18.2 Å². The highest BCUT2D eigenvalue weighted by Crippen LogP contribution is 2.35. The molecule has 1 fully saturated rings. The molecular weight excluding hydrogens is 566 g/mol. The first kappa shape index (κ1) is 31.9. The van der Waals surface area contributed by atoms with Crippen molar-refractivity contribution in [3.8, 4) is 11.5 Å². The molecule has 1 heterocycles. The lowest BCUT2D eigenvalue weighted by Gasteiger charge is -2.41. The maximum Gasteiger partial charge on any atom is 0.305 e. The first-order valence-electron chi connectivity index (χ1n) is 14.3. The maximum atomic E-state index is 13.6. The summed E-state index contributed by atoms with van der Waals surface area (Å²) in [6.07, 6.45) is 1.02. The van der Waals surface area contributed by atoms with E-state index in [2.05, 4.69) is 35.9 Å². The molecule has 0 spiro atoms. The van der Waals surface area contributed by atoms with Crippen molar-refractivity contribution in [1.29, 1.82) is 0 Å². The third-order valence-corrected chi connectivity index (χ3v) is 8.64. The minimum Gasteiger partial charge on any atom is -0.493 e. The van der Waals surface area contributed by atoms with Crippen molar-refractivity contribution < 1.29 is 29.0 Å². The van der Waals surface area contributed by atoms with Gasteiger partial charge in [0.1, 0.15) is 0 Å². The molecule has 0 bridgehead atoms. The number of aryl methyl sites for hydroxylation is 2. The van der Waals surface area contributed by atoms with E-state index < -0.39 is 17.9 Å². The molecule has 1 aliphatic rings. The van der Waals surface area contributed by atoms with Crippen LogP contribution in [-0.4, -0.2) is 53.9 Å². The number of hydrogen-bond acceptors (Lipinski definition) is 7. The Hall–Kier alpha value is -4.02. The van der Waals surface area contributed by atoms with Gasteiger partial charge in [-0.25, -0.2) is 5.43 Å². The number of amides is 2. The Kier molecular flexibility index (Phi) is 11.1. The van der Waals surface area contributed by atoms with Crippen LogP contribution >= 0.6 is 11.8 Å². The van der Waals surface area contributed by atoms with Crippen molar-refractivity contribution in [1.82, 2.24) is 10.4 Å². The summed E-state index contributed by atoms with van der Waals surface area (Å²) in [4.78, 5) is 39.8. The highest BCUT2D eigenvalue weighted by atomic mass is 32.2. The van der Waals surface area contributed by atoms with E-state index in [0.29, 0.717) is 29.2 Å². The number of thioether (sulfide) groups is 1. The Bertz CT molecular complexity index is 1430. The molecule has 0 radical (unpaired) electrons. The predicted molar refractivity (Wildman–Crippen MR) is 167 cm³/mol. The quantitative estimate of drug-likeness (QED) is 0.215. The number of carbonyl (C=O) groups is 3. The molecule has 3 N–H and O–H groups in total. The SMILES string of the molecule is COc1ccc(C(CC(=O)O)N2NC(C)CC(CC(=O)Nc3ccc(CCSc4ccccc4C)cc3)C2=O)cc1OC. The van der Waals surface area contributed by atoms with Crippen LogP contribution in [0.2, 0.25) is 0 Å². The summed E-state index contributed by atoms with van der Waals surface area (Å²) in [6.45, 7) is 4.02. The van der Waals surface area contributed by atoms with Crippen LogP contribution in [0.4, 0.5) is 5.69 Å². The minimum absolute atomic E-state index is 0.0120. The molecule has 4 rings (SSSR count). The van der Waals surface area contributed by atoms with Crippen molar-refractivity contribution in [3.05, 3.63) is 83.4 Å². The van der Waals surface area contributed by atoms with E-state index in [1.807, 2.05) is 49.0 Å². The van der Waals surface area contributed by atoms with Gasteiger partial charge < -0.3 is 19.9 Å². The molecule has 43 heavy (non-hydrogen) atoms. The molecular formula is C33H39N3O6S. The van der Waals surface area contributed by atoms with Crippen LogP contribution in [0.3, 0.4) is 0 Å². The lowest BCUT2D eigenvalue weighted by atomic mass is 9.91. The molecule has 3 aromatic rings. The lowest BCUT2D eigenvalue weighted by molar-refractivity contribution is -0.152. The zero-order valence-electron chi connectivity index (χ0n) is 25.0. The molecule has 2 amide bonds. The molecule has 228 valence electrons. The largest absolute Gasteiger partial charge is 0.493 e. The summed E-state index contributed by atoms with van der Waals surface area (Å²) >= 11 is 1.83. The average molecular weight is 606 g/mol. The molecule has 3 aromatic carbocycles. The fourth-order valence-corrected chi connectivity index (χ4v) is 6.29. The van der Waals surface area contributed by atoms with E-state index in [1.165, 1.54) is 35.3 Å². The highest BCUT2D eigenvalue weighted by Gasteiger charge is 2.39. The molecule has 10 heteroatoms. The summed E-state index contributed by atoms with van der Waals surface area (Å²) in [7, 11) is 3.01. The second-order valence-corrected chi connectivity index (χ2v) is 11.8. The fourth-order valence-electron chi connectivity index (χ4n) is 5.26. The van der Waals surface area contributed by atoms with Gasteiger partial charge in [-0.3, -0.25) is 19.4 Å². The second-order valence-electron chi connectivity index (χ2n) is 10.7. The standard InChI is InChI=1S/C33H39N3O6S/c1-21-7-5-6-8-30(21)43-16-15-23-9-12-26(13-10-23)34-31(37)19-25-17-22(2)35-36(33(25)40)27(20-32(38)39)24-11-14-28(41-3)29(18-24)42-4/h5-14,18,22,25,27,35H,15-17,19-20H2,1-4H3,(H,34,37)(H,38,39). The van der Waals surface area contributed by atoms with Crippen LogP contribution in [0, 0.1) is 12.8 Å². The van der Waals surface area contributed by atoms with Crippen LogP contribution < -0.4 is 20.2 Å². The summed E-state index contributed by atoms with van der Waals surface area (Å²) in [5, 5.41) is 14.0. The van der Waals surface area contributed by atoms with Crippen molar-refractivity contribution in [2.75, 3.05) is 25.3 Å². The van der Waals surface area contributed by atoms with Gasteiger partial charge in [-0.1, -0.05) is 36.4 Å². The number of rotatable bonds is 13. The zero-order valence-corrected chi connectivity index (χ0v) is 25.8. The number of nitrogens with one attached hydrogen (secondary N) is 2. The number of hydrazine groups is 1. The third-order valence-electron chi connectivity index (χ3n) is 7.47. The third kappa shape index (κ3) is 8.52. The number of hydrogen-bond donors (Lipinski definition) is 3. The number of carboxylic acids is 1. The van der Waals surface area contributed by atoms with Gasteiger partial charge in [-0.2, -0.15) is 0 Å². The fraction of sp³-hybridized carbons (Fsp3) is 0.364. The number of ether oxygens (including phenoxy) is 2. The first-order chi connectivity index (χ1) is 20.7. The Balaban J connectivity index is 1.38. The van der Waals surface area contributed by atoms with E-state index >= 15 is 0 Å². The Morgan fingerprint density at radius 3 is 2.47 bits per heavy atom. The molecule has 1 aliphatic heterocycles. The minimum atomic E-state index is -1.06. The zero-order chi connectivity index (χ0) is 30.9. The monoisotopic (exact) mass is 605 g/mol. The normalized spacial score (nSPS) is 17.3. The van der Waals surface area contributed by atoms with Crippen molar-refractivity contribution >= 4 is 35.2 Å². The smallest absolute Gasteiger partial charge is 0.305 e. The number of methoxy groups -OCH3 is 2. The van der Waals surface area contributed by atoms with E-state index in [4.69, 9.17) is 9.47 Å². The summed E-state index contributed by atoms with van der Waals surface area (Å²) in [5.41, 5.74) is 6.84. The van der Waals surface area contributed by atoms with Gasteiger partial charge in [0.25, 0.3) is 0 Å². The molecule has 0 aromatic heterocycles. The second kappa shape index (κ2) is 14.9. The van der Waals surface area contributed by atoms with Crippen molar-refractivity contribution in [3.63, 3.8) is 0 Å². The Morgan fingerprint density at radius 1 is 1.07 bits per heavy atom. The average Bonchev–Trinajstić information content (AvgIpc) is 2.99. The van der Waals surface area contributed by atoms with Gasteiger partial charge >= 0.3 is 5.97 Å². The molecule has 0 aliphatic carbocycles. The molecule has 3 unspecified atom stereocenters. The summed E-state index contributed by atoms with van der Waals surface area (Å²) in [6, 6.07) is 20.2. The summed E-state index contributed by atoms with van der Waals surface area (Å²) in [5.74, 6) is -0.373. The number of carboxylic acid groups (broad SMARTS) is 1. The van der Waals surface area contributed by atoms with Gasteiger partial charge in [-0.05, 0) is 73.7 Å². The highest BCUT2D eigenvalue weighted by molar-refractivity contribution is 7.99. The number of benzene rings is 3. The Morgan fingerprint density at radius 2 is 1.79 bits per heavy atom. The predicted octanol–water partition coefficient (Wildman–Crippen LogP) is 5.63. The van der Waals surface area contributed by atoms with Crippen LogP contribution in [0.1, 0.15) is 48.9 Å². The van der Waals surface area contributed by atoms with Crippen molar-refractivity contribution in [2.24, 2.45) is 5.92 Å². The number of carbonyl (C=O) groups excluding carboxylic acids is 2. The van der Waals surface area contributed by atoms with E-state index in [9.17, 15) is 19.5 Å². The van der Waals surface area contributed by atoms with Crippen LogP contribution in [0.5, 0.6) is 11.5 Å². The van der Waals surface area contributed by atoms with Crippen molar-refractivity contribution in [2.45, 2.75) is 56.5 Å². The van der Waals surface area contributed by atoms with Crippen LogP contribution in [0.25, 0.3) is 0 Å². The maximum absolute atomic E-state index is 13.6. The Labute approximate surface area is 256 Å². The van der Waals surface area contributed by atoms with Gasteiger partial charge in [0.15, 0.2) is 11.5 Å². The van der Waals surface area contributed by atoms with Gasteiger partial charge in [0.2, 0.25) is 11.8 Å². The lowest BCUT2D eigenvalue weighted by Crippen LogP contribution is -2.57.